The van der Waals surface area contributed by atoms with Gasteiger partial charge in [-0.05, 0) is 48.4 Å². The zero-order valence-electron chi connectivity index (χ0n) is 19.3. The number of rotatable bonds is 10. The fourth-order valence-electron chi connectivity index (χ4n) is 3.20. The van der Waals surface area contributed by atoms with Crippen molar-refractivity contribution in [1.82, 2.24) is 0 Å². The van der Waals surface area contributed by atoms with Crippen molar-refractivity contribution in [2.24, 2.45) is 5.73 Å². The third kappa shape index (κ3) is 7.71. The number of amides is 1. The van der Waals surface area contributed by atoms with Crippen LogP contribution in [0.15, 0.2) is 72.8 Å². The predicted molar refractivity (Wildman–Crippen MR) is 131 cm³/mol. The number of phosphoric ester groups is 1. The highest BCUT2D eigenvalue weighted by molar-refractivity contribution is 7.46. The van der Waals surface area contributed by atoms with Crippen molar-refractivity contribution < 1.29 is 32.8 Å². The molecular formula is C25H28FN2O6P. The highest BCUT2D eigenvalue weighted by Gasteiger charge is 2.32. The van der Waals surface area contributed by atoms with Crippen molar-refractivity contribution >= 4 is 19.4 Å². The summed E-state index contributed by atoms with van der Waals surface area (Å²) in [7, 11) is -4.75. The standard InChI is InChI=1S/C25H28FN2O6P/c1-17(19-8-13-22(23(26)14-19)18-6-4-3-5-7-18)15-33-21-11-9-20(10-12-21)28-24(29)25(2,27)16-34-35(30,31)32/h3-14,17H,15-16,27H2,1-2H3,(H,28,29)(H2,30,31,32)/t17-,25?/m1/s1. The monoisotopic (exact) mass is 502 g/mol. The molecule has 0 aliphatic rings. The van der Waals surface area contributed by atoms with Gasteiger partial charge in [0, 0.05) is 17.2 Å². The Kier molecular flexibility index (Phi) is 8.43. The van der Waals surface area contributed by atoms with E-state index in [0.717, 1.165) is 11.1 Å². The number of carbonyl (C=O) groups is 1. The summed E-state index contributed by atoms with van der Waals surface area (Å²) in [6.45, 7) is 2.89. The van der Waals surface area contributed by atoms with Gasteiger partial charge in [-0.25, -0.2) is 8.96 Å². The Morgan fingerprint density at radius 1 is 1.11 bits per heavy atom. The molecule has 3 aromatic rings. The zero-order valence-corrected chi connectivity index (χ0v) is 20.2. The summed E-state index contributed by atoms with van der Waals surface area (Å²) in [5.41, 5.74) is 6.74. The first-order chi connectivity index (χ1) is 16.4. The lowest BCUT2D eigenvalue weighted by molar-refractivity contribution is -0.121. The van der Waals surface area contributed by atoms with E-state index in [1.54, 1.807) is 30.3 Å². The molecule has 5 N–H and O–H groups in total. The molecule has 8 nitrogen and oxygen atoms in total. The van der Waals surface area contributed by atoms with Crippen molar-refractivity contribution in [2.75, 3.05) is 18.5 Å². The molecule has 0 heterocycles. The van der Waals surface area contributed by atoms with Crippen LogP contribution in [0.25, 0.3) is 11.1 Å². The SMILES string of the molecule is C[C@H](COc1ccc(NC(=O)C(C)(N)COP(=O)(O)O)cc1)c1ccc(-c2ccccc2)c(F)c1. The molecule has 1 amide bonds. The van der Waals surface area contributed by atoms with Gasteiger partial charge < -0.3 is 25.6 Å². The lowest BCUT2D eigenvalue weighted by atomic mass is 9.97. The lowest BCUT2D eigenvalue weighted by Crippen LogP contribution is -2.52. The summed E-state index contributed by atoms with van der Waals surface area (Å²) in [5.74, 6) is -0.481. The van der Waals surface area contributed by atoms with Crippen LogP contribution >= 0.6 is 7.82 Å². The minimum atomic E-state index is -4.75. The minimum absolute atomic E-state index is 0.0688. The maximum atomic E-state index is 14.7. The Hall–Kier alpha value is -3.07. The molecule has 35 heavy (non-hydrogen) atoms. The predicted octanol–water partition coefficient (Wildman–Crippen LogP) is 4.44. The number of anilines is 1. The van der Waals surface area contributed by atoms with Crippen molar-refractivity contribution in [1.29, 1.82) is 0 Å². The molecule has 0 saturated heterocycles. The number of benzene rings is 3. The molecule has 10 heteroatoms. The molecule has 3 aromatic carbocycles. The van der Waals surface area contributed by atoms with Gasteiger partial charge in [-0.15, -0.1) is 0 Å². The van der Waals surface area contributed by atoms with Gasteiger partial charge in [0.1, 0.15) is 17.1 Å². The average Bonchev–Trinajstić information content (AvgIpc) is 2.82. The highest BCUT2D eigenvalue weighted by Crippen LogP contribution is 2.36. The first kappa shape index (κ1) is 26.5. The van der Waals surface area contributed by atoms with Crippen LogP contribution in [-0.2, 0) is 13.9 Å². The highest BCUT2D eigenvalue weighted by atomic mass is 31.2. The van der Waals surface area contributed by atoms with Crippen molar-refractivity contribution in [3.05, 3.63) is 84.2 Å². The van der Waals surface area contributed by atoms with Gasteiger partial charge in [-0.1, -0.05) is 49.4 Å². The number of nitrogens with one attached hydrogen (secondary N) is 1. The number of hydrogen-bond donors (Lipinski definition) is 4. The summed E-state index contributed by atoms with van der Waals surface area (Å²) in [5, 5.41) is 2.57. The van der Waals surface area contributed by atoms with E-state index in [2.05, 4.69) is 9.84 Å². The molecule has 2 atom stereocenters. The average molecular weight is 502 g/mol. The Morgan fingerprint density at radius 3 is 2.37 bits per heavy atom. The van der Waals surface area contributed by atoms with Crippen molar-refractivity contribution in [3.63, 3.8) is 0 Å². The lowest BCUT2D eigenvalue weighted by Gasteiger charge is -2.23. The molecule has 1 unspecified atom stereocenters. The minimum Gasteiger partial charge on any atom is -0.493 e. The van der Waals surface area contributed by atoms with Crippen LogP contribution in [0.3, 0.4) is 0 Å². The number of halogens is 1. The Labute approximate surface area is 203 Å². The second-order valence-corrected chi connectivity index (χ2v) is 9.72. The second-order valence-electron chi connectivity index (χ2n) is 8.48. The Bertz CT molecular complexity index is 1200. The van der Waals surface area contributed by atoms with E-state index in [9.17, 15) is 13.8 Å². The largest absolute Gasteiger partial charge is 0.493 e. The van der Waals surface area contributed by atoms with E-state index in [1.807, 2.05) is 43.3 Å². The summed E-state index contributed by atoms with van der Waals surface area (Å²) < 4.78 is 35.7. The van der Waals surface area contributed by atoms with Gasteiger partial charge in [-0.3, -0.25) is 9.32 Å². The number of carbonyl (C=O) groups excluding carboxylic acids is 1. The maximum Gasteiger partial charge on any atom is 0.469 e. The van der Waals surface area contributed by atoms with E-state index in [0.29, 0.717) is 23.6 Å². The summed E-state index contributed by atoms with van der Waals surface area (Å²) >= 11 is 0. The quantitative estimate of drug-likeness (QED) is 0.302. The second kappa shape index (κ2) is 11.1. The third-order valence-corrected chi connectivity index (χ3v) is 5.78. The molecule has 0 bridgehead atoms. The van der Waals surface area contributed by atoms with Crippen molar-refractivity contribution in [3.8, 4) is 16.9 Å². The van der Waals surface area contributed by atoms with Crippen LogP contribution < -0.4 is 15.8 Å². The number of phosphoric acid groups is 1. The van der Waals surface area contributed by atoms with Gasteiger partial charge in [0.25, 0.3) is 0 Å². The number of nitrogens with two attached hydrogens (primary N) is 1. The van der Waals surface area contributed by atoms with E-state index in [4.69, 9.17) is 20.3 Å². The molecular weight excluding hydrogens is 474 g/mol. The third-order valence-electron chi connectivity index (χ3n) is 5.31. The fourth-order valence-corrected chi connectivity index (χ4v) is 3.64. The summed E-state index contributed by atoms with van der Waals surface area (Å²) in [6, 6.07) is 21.0. The van der Waals surface area contributed by atoms with E-state index in [1.165, 1.54) is 13.0 Å². The molecule has 0 radical (unpaired) electrons. The zero-order chi connectivity index (χ0) is 25.6. The van der Waals surface area contributed by atoms with Crippen LogP contribution in [0.5, 0.6) is 5.75 Å². The van der Waals surface area contributed by atoms with E-state index >= 15 is 0 Å². The Balaban J connectivity index is 1.55. The van der Waals surface area contributed by atoms with Crippen LogP contribution in [0.1, 0.15) is 25.3 Å². The first-order valence-corrected chi connectivity index (χ1v) is 12.4. The summed E-state index contributed by atoms with van der Waals surface area (Å²) in [4.78, 5) is 29.9. The molecule has 0 fully saturated rings. The van der Waals surface area contributed by atoms with Crippen LogP contribution in [0.4, 0.5) is 10.1 Å². The first-order valence-electron chi connectivity index (χ1n) is 10.8. The van der Waals surface area contributed by atoms with Gasteiger partial charge >= 0.3 is 7.82 Å². The number of hydrogen-bond acceptors (Lipinski definition) is 5. The Morgan fingerprint density at radius 2 is 1.77 bits per heavy atom. The molecule has 0 spiro atoms. The molecule has 0 aliphatic heterocycles. The van der Waals surface area contributed by atoms with E-state index < -0.39 is 25.9 Å². The molecule has 3 rings (SSSR count). The van der Waals surface area contributed by atoms with Crippen LogP contribution in [0, 0.1) is 5.82 Å². The van der Waals surface area contributed by atoms with Crippen LogP contribution in [-0.4, -0.2) is 34.4 Å². The fraction of sp³-hybridized carbons (Fsp3) is 0.240. The number of ether oxygens (including phenoxy) is 1. The normalized spacial score (nSPS) is 14.1. The molecule has 0 saturated carbocycles. The van der Waals surface area contributed by atoms with Gasteiger partial charge in [-0.2, -0.15) is 0 Å². The van der Waals surface area contributed by atoms with Gasteiger partial charge in [0.2, 0.25) is 5.91 Å². The molecule has 0 aliphatic carbocycles. The maximum absolute atomic E-state index is 14.7. The van der Waals surface area contributed by atoms with Gasteiger partial charge in [0.15, 0.2) is 0 Å². The van der Waals surface area contributed by atoms with E-state index in [-0.39, 0.29) is 11.7 Å². The van der Waals surface area contributed by atoms with Crippen LogP contribution in [0.2, 0.25) is 0 Å². The summed E-state index contributed by atoms with van der Waals surface area (Å²) in [6.07, 6.45) is 0. The molecule has 0 aromatic heterocycles. The van der Waals surface area contributed by atoms with Crippen molar-refractivity contribution in [2.45, 2.75) is 25.3 Å². The topological polar surface area (TPSA) is 131 Å². The smallest absolute Gasteiger partial charge is 0.469 e. The van der Waals surface area contributed by atoms with Gasteiger partial charge in [0.05, 0.1) is 13.2 Å². The molecule has 186 valence electrons.